The fourth-order valence-electron chi connectivity index (χ4n) is 2.68. The number of esters is 1. The quantitative estimate of drug-likeness (QED) is 0.337. The highest BCUT2D eigenvalue weighted by Gasteiger charge is 2.35. The number of ether oxygens (including phenoxy) is 2. The van der Waals surface area contributed by atoms with Gasteiger partial charge in [0.2, 0.25) is 0 Å². The van der Waals surface area contributed by atoms with E-state index in [1.807, 2.05) is 0 Å². The molecule has 2 rings (SSSR count). The van der Waals surface area contributed by atoms with Crippen molar-refractivity contribution in [3.63, 3.8) is 0 Å². The van der Waals surface area contributed by atoms with E-state index in [1.165, 1.54) is 12.1 Å². The SMILES string of the molecule is CCOC(=O)CCCNC1c2cc([N+](=O)[O-])ccc2OC(C)C1O. The number of hydrogen-bond donors (Lipinski definition) is 2. The van der Waals surface area contributed by atoms with Crippen LogP contribution in [-0.4, -0.2) is 41.4 Å². The van der Waals surface area contributed by atoms with Crippen molar-refractivity contribution in [1.82, 2.24) is 5.32 Å². The molecule has 3 unspecified atom stereocenters. The van der Waals surface area contributed by atoms with Gasteiger partial charge in [-0.1, -0.05) is 0 Å². The molecule has 3 atom stereocenters. The molecule has 1 aromatic carbocycles. The van der Waals surface area contributed by atoms with Crippen LogP contribution in [0.2, 0.25) is 0 Å². The maximum absolute atomic E-state index is 11.3. The summed E-state index contributed by atoms with van der Waals surface area (Å²) < 4.78 is 10.5. The largest absolute Gasteiger partial charge is 0.488 e. The number of hydrogen-bond acceptors (Lipinski definition) is 7. The van der Waals surface area contributed by atoms with Crippen molar-refractivity contribution >= 4 is 11.7 Å². The molecule has 0 amide bonds. The second kappa shape index (κ2) is 8.07. The minimum atomic E-state index is -0.845. The first-order valence-electron chi connectivity index (χ1n) is 7.96. The Hall–Kier alpha value is -2.19. The zero-order chi connectivity index (χ0) is 17.7. The molecule has 1 aromatic rings. The van der Waals surface area contributed by atoms with Crippen molar-refractivity contribution in [3.8, 4) is 5.75 Å². The number of nitro benzene ring substituents is 1. The molecule has 1 aliphatic heterocycles. The van der Waals surface area contributed by atoms with Crippen molar-refractivity contribution in [2.75, 3.05) is 13.2 Å². The minimum Gasteiger partial charge on any atom is -0.488 e. The molecule has 2 N–H and O–H groups in total. The first kappa shape index (κ1) is 18.2. The zero-order valence-electron chi connectivity index (χ0n) is 13.7. The summed E-state index contributed by atoms with van der Waals surface area (Å²) >= 11 is 0. The Morgan fingerprint density at radius 1 is 1.50 bits per heavy atom. The van der Waals surface area contributed by atoms with E-state index in [-0.39, 0.29) is 18.1 Å². The molecule has 0 spiro atoms. The lowest BCUT2D eigenvalue weighted by Crippen LogP contribution is -2.45. The number of nitro groups is 1. The fraction of sp³-hybridized carbons (Fsp3) is 0.562. The van der Waals surface area contributed by atoms with Crippen molar-refractivity contribution in [3.05, 3.63) is 33.9 Å². The second-order valence-corrected chi connectivity index (χ2v) is 5.63. The Kier molecular flexibility index (Phi) is 6.10. The lowest BCUT2D eigenvalue weighted by Gasteiger charge is -2.35. The summed E-state index contributed by atoms with van der Waals surface area (Å²) in [6.07, 6.45) is -0.470. The standard InChI is InChI=1S/C16H22N2O6/c1-3-23-14(19)5-4-8-17-15-12-9-11(18(21)22)6-7-13(12)24-10(2)16(15)20/h6-7,9-10,15-17,20H,3-5,8H2,1-2H3. The van der Waals surface area contributed by atoms with E-state index in [4.69, 9.17) is 9.47 Å². The predicted molar refractivity (Wildman–Crippen MR) is 85.8 cm³/mol. The van der Waals surface area contributed by atoms with E-state index in [2.05, 4.69) is 5.32 Å². The van der Waals surface area contributed by atoms with Gasteiger partial charge in [-0.15, -0.1) is 0 Å². The smallest absolute Gasteiger partial charge is 0.305 e. The third-order valence-electron chi connectivity index (χ3n) is 3.90. The molecular weight excluding hydrogens is 316 g/mol. The third kappa shape index (κ3) is 4.21. The van der Waals surface area contributed by atoms with Crippen molar-refractivity contribution < 1.29 is 24.3 Å². The number of aliphatic hydroxyl groups excluding tert-OH is 1. The number of non-ortho nitro benzene ring substituents is 1. The molecule has 0 saturated heterocycles. The van der Waals surface area contributed by atoms with E-state index in [9.17, 15) is 20.0 Å². The monoisotopic (exact) mass is 338 g/mol. The number of carbonyl (C=O) groups excluding carboxylic acids is 1. The number of benzene rings is 1. The van der Waals surface area contributed by atoms with Gasteiger partial charge in [0.15, 0.2) is 0 Å². The average molecular weight is 338 g/mol. The molecule has 8 nitrogen and oxygen atoms in total. The first-order valence-corrected chi connectivity index (χ1v) is 7.96. The van der Waals surface area contributed by atoms with E-state index < -0.39 is 23.2 Å². The van der Waals surface area contributed by atoms with Crippen molar-refractivity contribution in [2.24, 2.45) is 0 Å². The predicted octanol–water partition coefficient (Wildman–Crippen LogP) is 1.71. The molecule has 8 heteroatoms. The molecule has 24 heavy (non-hydrogen) atoms. The highest BCUT2D eigenvalue weighted by molar-refractivity contribution is 5.69. The van der Waals surface area contributed by atoms with Crippen LogP contribution >= 0.6 is 0 Å². The maximum atomic E-state index is 11.3. The third-order valence-corrected chi connectivity index (χ3v) is 3.90. The molecule has 0 aromatic heterocycles. The van der Waals surface area contributed by atoms with Gasteiger partial charge in [-0.25, -0.2) is 0 Å². The molecular formula is C16H22N2O6. The van der Waals surface area contributed by atoms with Crippen LogP contribution in [0.25, 0.3) is 0 Å². The van der Waals surface area contributed by atoms with E-state index in [1.54, 1.807) is 19.9 Å². The molecule has 0 radical (unpaired) electrons. The summed E-state index contributed by atoms with van der Waals surface area (Å²) in [5.74, 6) is 0.248. The molecule has 0 fully saturated rings. The van der Waals surface area contributed by atoms with Crippen LogP contribution in [0.4, 0.5) is 5.69 Å². The molecule has 0 bridgehead atoms. The van der Waals surface area contributed by atoms with Crippen LogP contribution < -0.4 is 10.1 Å². The van der Waals surface area contributed by atoms with Gasteiger partial charge in [0, 0.05) is 24.1 Å². The van der Waals surface area contributed by atoms with Gasteiger partial charge in [0.05, 0.1) is 17.6 Å². The minimum absolute atomic E-state index is 0.0579. The summed E-state index contributed by atoms with van der Waals surface area (Å²) in [5.41, 5.74) is 0.489. The Morgan fingerprint density at radius 3 is 2.92 bits per heavy atom. The van der Waals surface area contributed by atoms with Crippen LogP contribution in [0.15, 0.2) is 18.2 Å². The molecule has 1 heterocycles. The van der Waals surface area contributed by atoms with Crippen LogP contribution in [0.1, 0.15) is 38.3 Å². The van der Waals surface area contributed by atoms with Gasteiger partial charge >= 0.3 is 5.97 Å². The van der Waals surface area contributed by atoms with Gasteiger partial charge in [0.1, 0.15) is 18.0 Å². The summed E-state index contributed by atoms with van der Waals surface area (Å²) in [7, 11) is 0. The molecule has 0 aliphatic carbocycles. The number of carbonyl (C=O) groups is 1. The average Bonchev–Trinajstić information content (AvgIpc) is 2.54. The lowest BCUT2D eigenvalue weighted by molar-refractivity contribution is -0.385. The summed E-state index contributed by atoms with van der Waals surface area (Å²) in [6.45, 7) is 4.30. The van der Waals surface area contributed by atoms with Gasteiger partial charge in [-0.05, 0) is 32.9 Å². The Morgan fingerprint density at radius 2 is 2.25 bits per heavy atom. The highest BCUT2D eigenvalue weighted by Crippen LogP contribution is 2.37. The van der Waals surface area contributed by atoms with Crippen LogP contribution in [0.5, 0.6) is 5.75 Å². The zero-order valence-corrected chi connectivity index (χ0v) is 13.7. The van der Waals surface area contributed by atoms with Gasteiger partial charge in [-0.2, -0.15) is 0 Å². The fourth-order valence-corrected chi connectivity index (χ4v) is 2.68. The topological polar surface area (TPSA) is 111 Å². The Balaban J connectivity index is 2.06. The van der Waals surface area contributed by atoms with Gasteiger partial charge in [0.25, 0.3) is 5.69 Å². The number of nitrogens with zero attached hydrogens (tertiary/aromatic N) is 1. The van der Waals surface area contributed by atoms with Crippen LogP contribution in [0, 0.1) is 10.1 Å². The van der Waals surface area contributed by atoms with E-state index in [0.717, 1.165) is 0 Å². The summed E-state index contributed by atoms with van der Waals surface area (Å²) in [6, 6.07) is 3.84. The Labute approximate surface area is 139 Å². The normalized spacial score (nSPS) is 22.4. The van der Waals surface area contributed by atoms with Gasteiger partial charge in [-0.3, -0.25) is 14.9 Å². The van der Waals surface area contributed by atoms with Gasteiger partial charge < -0.3 is 19.9 Å². The molecule has 0 saturated carbocycles. The van der Waals surface area contributed by atoms with Crippen molar-refractivity contribution in [1.29, 1.82) is 0 Å². The molecule has 132 valence electrons. The Bertz CT molecular complexity index is 606. The van der Waals surface area contributed by atoms with Crippen LogP contribution in [-0.2, 0) is 9.53 Å². The number of rotatable bonds is 7. The molecule has 1 aliphatic rings. The van der Waals surface area contributed by atoms with E-state index >= 15 is 0 Å². The second-order valence-electron chi connectivity index (χ2n) is 5.63. The first-order chi connectivity index (χ1) is 11.4. The van der Waals surface area contributed by atoms with Crippen LogP contribution in [0.3, 0.4) is 0 Å². The van der Waals surface area contributed by atoms with E-state index in [0.29, 0.717) is 30.9 Å². The summed E-state index contributed by atoms with van der Waals surface area (Å²) in [4.78, 5) is 21.8. The number of aliphatic hydroxyl groups is 1. The highest BCUT2D eigenvalue weighted by atomic mass is 16.6. The lowest BCUT2D eigenvalue weighted by atomic mass is 9.93. The van der Waals surface area contributed by atoms with Crippen molar-refractivity contribution in [2.45, 2.75) is 44.9 Å². The number of nitrogens with one attached hydrogen (secondary N) is 1. The maximum Gasteiger partial charge on any atom is 0.305 e. The number of fused-ring (bicyclic) bond motifs is 1. The summed E-state index contributed by atoms with van der Waals surface area (Å²) in [5, 5.41) is 24.5.